The Morgan fingerprint density at radius 1 is 0.444 bits per heavy atom. The summed E-state index contributed by atoms with van der Waals surface area (Å²) in [7, 11) is 0. The van der Waals surface area contributed by atoms with E-state index >= 15 is 0 Å². The molecular weight excluding hydrogens is 609 g/mol. The molecule has 0 spiro atoms. The van der Waals surface area contributed by atoms with Crippen molar-refractivity contribution in [2.24, 2.45) is 0 Å². The number of hydrogen-bond acceptors (Lipinski definition) is 9. The second-order valence-corrected chi connectivity index (χ2v) is 12.9. The van der Waals surface area contributed by atoms with Crippen LogP contribution in [0.5, 0.6) is 11.5 Å². The third-order valence-corrected chi connectivity index (χ3v) is 10.2. The molecule has 0 aliphatic carbocycles. The molecule has 3 heterocycles. The average Bonchev–Trinajstić information content (AvgIpc) is 3.07. The van der Waals surface area contributed by atoms with E-state index in [0.29, 0.717) is 52.9 Å². The first kappa shape index (κ1) is 30.4. The van der Waals surface area contributed by atoms with Gasteiger partial charge in [0.25, 0.3) is 0 Å². The fraction of sp³-hybridized carbons (Fsp3) is 0.278. The summed E-state index contributed by atoms with van der Waals surface area (Å²) in [5.41, 5.74) is 7.98. The first-order valence-corrected chi connectivity index (χ1v) is 16.7. The Bertz CT molecular complexity index is 1610. The summed E-state index contributed by atoms with van der Waals surface area (Å²) in [6.45, 7) is 3.57. The summed E-state index contributed by atoms with van der Waals surface area (Å²) in [5, 5.41) is 20.3. The van der Waals surface area contributed by atoms with E-state index in [-0.39, 0.29) is 13.2 Å². The van der Waals surface area contributed by atoms with E-state index in [9.17, 15) is 10.2 Å². The van der Waals surface area contributed by atoms with Gasteiger partial charge in [-0.05, 0) is 94.1 Å². The standard InChI is InChI=1S/C36H34O7S2/c37-21-23-1-5-31-27(17-23)35-29-19-25(3-7-33(29)44-31)42-15-13-40-11-9-39-10-12-41-14-16-43-26-4-8-34-30(20-26)36(35)28-18-24(22-38)2-6-32(28)45-34/h1-8,17-20,37-38H,9-16,21-22H2/b36-35-. The van der Waals surface area contributed by atoms with Crippen molar-refractivity contribution in [2.75, 3.05) is 52.9 Å². The minimum absolute atomic E-state index is 0.0562. The fourth-order valence-corrected chi connectivity index (χ4v) is 7.83. The lowest BCUT2D eigenvalue weighted by Crippen LogP contribution is -2.14. The topological polar surface area (TPSA) is 86.6 Å². The fourth-order valence-electron chi connectivity index (χ4n) is 5.73. The molecule has 4 aromatic carbocycles. The van der Waals surface area contributed by atoms with Crippen molar-refractivity contribution in [3.05, 3.63) is 106 Å². The molecular formula is C36H34O7S2. The van der Waals surface area contributed by atoms with Crippen LogP contribution in [-0.2, 0) is 27.4 Å². The smallest absolute Gasteiger partial charge is 0.120 e. The summed E-state index contributed by atoms with van der Waals surface area (Å²) in [6, 6.07) is 24.8. The molecule has 4 aromatic rings. The number of fused-ring (bicyclic) bond motifs is 6. The molecule has 0 atom stereocenters. The van der Waals surface area contributed by atoms with Crippen LogP contribution in [0.1, 0.15) is 33.4 Å². The van der Waals surface area contributed by atoms with Gasteiger partial charge in [0.15, 0.2) is 0 Å². The summed E-state index contributed by atoms with van der Waals surface area (Å²) in [5.74, 6) is 1.51. The average molecular weight is 643 g/mol. The largest absolute Gasteiger partial charge is 0.491 e. The van der Waals surface area contributed by atoms with Gasteiger partial charge >= 0.3 is 0 Å². The summed E-state index contributed by atoms with van der Waals surface area (Å²) in [4.78, 5) is 4.46. The zero-order valence-electron chi connectivity index (χ0n) is 24.8. The lowest BCUT2D eigenvalue weighted by atomic mass is 9.84. The van der Waals surface area contributed by atoms with Gasteiger partial charge in [0.05, 0.1) is 52.9 Å². The molecule has 3 aliphatic rings. The van der Waals surface area contributed by atoms with Crippen LogP contribution in [0.2, 0.25) is 0 Å². The Kier molecular flexibility index (Phi) is 9.46. The normalized spacial score (nSPS) is 18.4. The van der Waals surface area contributed by atoms with E-state index in [2.05, 4.69) is 48.5 Å². The van der Waals surface area contributed by atoms with Gasteiger partial charge in [0, 0.05) is 30.7 Å². The van der Waals surface area contributed by atoms with Gasteiger partial charge in [0.1, 0.15) is 24.7 Å². The van der Waals surface area contributed by atoms with Crippen LogP contribution < -0.4 is 9.47 Å². The summed E-state index contributed by atoms with van der Waals surface area (Å²) < 4.78 is 29.4. The van der Waals surface area contributed by atoms with Gasteiger partial charge in [0.2, 0.25) is 0 Å². The van der Waals surface area contributed by atoms with Crippen LogP contribution in [0.4, 0.5) is 0 Å². The van der Waals surface area contributed by atoms with Crippen molar-refractivity contribution in [3.8, 4) is 11.5 Å². The number of hydrogen-bond donors (Lipinski definition) is 2. The molecule has 0 fully saturated rings. The molecule has 0 aromatic heterocycles. The highest BCUT2D eigenvalue weighted by Crippen LogP contribution is 2.55. The molecule has 7 nitrogen and oxygen atoms in total. The molecule has 2 N–H and O–H groups in total. The maximum atomic E-state index is 10.2. The number of benzene rings is 4. The van der Waals surface area contributed by atoms with Crippen LogP contribution in [0.3, 0.4) is 0 Å². The van der Waals surface area contributed by atoms with Gasteiger partial charge in [-0.2, -0.15) is 0 Å². The van der Waals surface area contributed by atoms with Crippen LogP contribution in [-0.4, -0.2) is 63.1 Å². The van der Waals surface area contributed by atoms with E-state index < -0.39 is 0 Å². The minimum atomic E-state index is -0.0562. The van der Waals surface area contributed by atoms with E-state index in [4.69, 9.17) is 23.7 Å². The molecule has 45 heavy (non-hydrogen) atoms. The minimum Gasteiger partial charge on any atom is -0.491 e. The molecule has 3 aliphatic heterocycles. The first-order valence-electron chi connectivity index (χ1n) is 15.1. The number of aliphatic hydroxyl groups is 2. The van der Waals surface area contributed by atoms with E-state index in [0.717, 1.165) is 75.6 Å². The molecule has 232 valence electrons. The van der Waals surface area contributed by atoms with E-state index in [1.165, 1.54) is 0 Å². The zero-order chi connectivity index (χ0) is 30.6. The molecule has 0 saturated carbocycles. The van der Waals surface area contributed by atoms with Crippen molar-refractivity contribution in [2.45, 2.75) is 32.8 Å². The van der Waals surface area contributed by atoms with Crippen molar-refractivity contribution >= 4 is 34.7 Å². The number of rotatable bonds is 2. The van der Waals surface area contributed by atoms with Gasteiger partial charge in [-0.25, -0.2) is 0 Å². The monoisotopic (exact) mass is 642 g/mol. The van der Waals surface area contributed by atoms with Crippen LogP contribution >= 0.6 is 23.5 Å². The predicted molar refractivity (Wildman–Crippen MR) is 174 cm³/mol. The van der Waals surface area contributed by atoms with Crippen molar-refractivity contribution in [3.63, 3.8) is 0 Å². The maximum Gasteiger partial charge on any atom is 0.120 e. The maximum absolute atomic E-state index is 10.2. The van der Waals surface area contributed by atoms with E-state index in [1.54, 1.807) is 23.5 Å². The number of ether oxygens (including phenoxy) is 5. The third-order valence-electron chi connectivity index (χ3n) is 7.86. The van der Waals surface area contributed by atoms with Crippen LogP contribution in [0, 0.1) is 0 Å². The van der Waals surface area contributed by atoms with Crippen molar-refractivity contribution in [1.29, 1.82) is 0 Å². The van der Waals surface area contributed by atoms with E-state index in [1.807, 2.05) is 24.3 Å². The molecule has 4 bridgehead atoms. The summed E-state index contributed by atoms with van der Waals surface area (Å²) in [6.07, 6.45) is 0. The Labute approximate surface area is 271 Å². The highest BCUT2D eigenvalue weighted by Gasteiger charge is 2.31. The van der Waals surface area contributed by atoms with Gasteiger partial charge in [-0.3, -0.25) is 0 Å². The Balaban J connectivity index is 1.45. The Morgan fingerprint density at radius 2 is 0.800 bits per heavy atom. The lowest BCUT2D eigenvalue weighted by Gasteiger charge is -2.30. The molecule has 0 amide bonds. The van der Waals surface area contributed by atoms with Crippen LogP contribution in [0.25, 0.3) is 11.1 Å². The number of aliphatic hydroxyl groups excluding tert-OH is 2. The lowest BCUT2D eigenvalue weighted by molar-refractivity contribution is 0.00498. The zero-order valence-corrected chi connectivity index (χ0v) is 26.4. The predicted octanol–water partition coefficient (Wildman–Crippen LogP) is 6.43. The van der Waals surface area contributed by atoms with Gasteiger partial charge in [-0.1, -0.05) is 35.7 Å². The van der Waals surface area contributed by atoms with Crippen molar-refractivity contribution < 1.29 is 33.9 Å². The van der Waals surface area contributed by atoms with Gasteiger partial charge < -0.3 is 33.9 Å². The second-order valence-electron chi connectivity index (χ2n) is 10.8. The molecule has 0 unspecified atom stereocenters. The second kappa shape index (κ2) is 14.0. The molecule has 0 radical (unpaired) electrons. The highest BCUT2D eigenvalue weighted by atomic mass is 32.2. The Hall–Kier alpha value is -3.28. The molecule has 7 rings (SSSR count). The Morgan fingerprint density at radius 3 is 1.20 bits per heavy atom. The van der Waals surface area contributed by atoms with Crippen LogP contribution in [0.15, 0.2) is 92.4 Å². The highest BCUT2D eigenvalue weighted by molar-refractivity contribution is 8.00. The summed E-state index contributed by atoms with van der Waals surface area (Å²) >= 11 is 3.43. The quantitative estimate of drug-likeness (QED) is 0.222. The van der Waals surface area contributed by atoms with Crippen molar-refractivity contribution in [1.82, 2.24) is 0 Å². The van der Waals surface area contributed by atoms with Gasteiger partial charge in [-0.15, -0.1) is 0 Å². The molecule has 0 saturated heterocycles. The third kappa shape index (κ3) is 6.53. The molecule has 9 heteroatoms. The first-order chi connectivity index (χ1) is 22.2. The SMILES string of the molecule is OCc1ccc2c(c1)/C1=C3\c4cc(CO)ccc4Sc4ccc(cc43)OCCOCCOCCOCCOc3ccc(c1c3)S2.